The smallest absolute Gasteiger partial charge is 0.480 e. The molecule has 0 aliphatic carbocycles. The Morgan fingerprint density at radius 2 is 1.61 bits per heavy atom. The third-order valence-corrected chi connectivity index (χ3v) is 5.74. The summed E-state index contributed by atoms with van der Waals surface area (Å²) in [5.74, 6) is -3.48. The molecule has 202 valence electrons. The van der Waals surface area contributed by atoms with Crippen LogP contribution in [-0.4, -0.2) is 57.2 Å². The summed E-state index contributed by atoms with van der Waals surface area (Å²) in [5.41, 5.74) is 0.449. The molecule has 3 amide bonds. The zero-order valence-corrected chi connectivity index (χ0v) is 21.8. The van der Waals surface area contributed by atoms with Gasteiger partial charge in [-0.3, -0.25) is 24.2 Å². The Balaban J connectivity index is 2.92. The minimum Gasteiger partial charge on any atom is -0.480 e. The largest absolute Gasteiger partial charge is 0.524 e. The van der Waals surface area contributed by atoms with Gasteiger partial charge in [-0.25, -0.2) is 9.36 Å². The molecule has 0 spiro atoms. The van der Waals surface area contributed by atoms with Crippen LogP contribution in [0.4, 0.5) is 0 Å². The Kier molecular flexibility index (Phi) is 12.6. The fourth-order valence-corrected chi connectivity index (χ4v) is 3.79. The molecule has 6 N–H and O–H groups in total. The lowest BCUT2D eigenvalue weighted by molar-refractivity contribution is -0.143. The lowest BCUT2D eigenvalue weighted by Gasteiger charge is -2.26. The molecule has 1 aromatic rings. The maximum atomic E-state index is 12.9. The molecule has 0 saturated heterocycles. The van der Waals surface area contributed by atoms with Gasteiger partial charge in [0.1, 0.15) is 11.8 Å². The van der Waals surface area contributed by atoms with Crippen molar-refractivity contribution in [1.82, 2.24) is 16.0 Å². The first-order valence-corrected chi connectivity index (χ1v) is 13.1. The Hall–Kier alpha value is -2.95. The molecule has 0 fully saturated rings. The summed E-state index contributed by atoms with van der Waals surface area (Å²) in [6.45, 7) is 7.28. The van der Waals surface area contributed by atoms with Crippen LogP contribution in [0.25, 0.3) is 0 Å². The lowest BCUT2D eigenvalue weighted by atomic mass is 9.98. The van der Waals surface area contributed by atoms with Crippen molar-refractivity contribution in [2.24, 2.45) is 5.92 Å². The molecule has 0 radical (unpaired) electrons. The first-order chi connectivity index (χ1) is 16.7. The number of hydrogen-bond acceptors (Lipinski definition) is 6. The van der Waals surface area contributed by atoms with E-state index in [2.05, 4.69) is 34.3 Å². The number of benzene rings is 1. The van der Waals surface area contributed by atoms with Crippen molar-refractivity contribution >= 4 is 31.5 Å². The average molecular weight is 530 g/mol. The summed E-state index contributed by atoms with van der Waals surface area (Å²) in [4.78, 5) is 66.6. The molecule has 0 saturated carbocycles. The van der Waals surface area contributed by atoms with Crippen LogP contribution in [0.3, 0.4) is 0 Å². The van der Waals surface area contributed by atoms with Gasteiger partial charge in [0.25, 0.3) is 0 Å². The number of carboxylic acids is 1. The van der Waals surface area contributed by atoms with Crippen molar-refractivity contribution < 1.29 is 43.2 Å². The van der Waals surface area contributed by atoms with Gasteiger partial charge in [-0.2, -0.15) is 0 Å². The maximum Gasteiger partial charge on any atom is 0.524 e. The Morgan fingerprint density at radius 3 is 2.11 bits per heavy atom. The van der Waals surface area contributed by atoms with Crippen molar-refractivity contribution in [1.29, 1.82) is 0 Å². The second kappa shape index (κ2) is 14.6. The average Bonchev–Trinajstić information content (AvgIpc) is 2.75. The van der Waals surface area contributed by atoms with Crippen molar-refractivity contribution in [3.63, 3.8) is 0 Å². The van der Waals surface area contributed by atoms with Gasteiger partial charge in [0.2, 0.25) is 17.7 Å². The van der Waals surface area contributed by atoms with Gasteiger partial charge in [0.05, 0.1) is 12.0 Å². The minimum atomic E-state index is -4.73. The third-order valence-electron chi connectivity index (χ3n) is 5.29. The summed E-state index contributed by atoms with van der Waals surface area (Å²) in [6, 6.07) is 2.64. The van der Waals surface area contributed by atoms with Crippen molar-refractivity contribution in [3.05, 3.63) is 29.8 Å². The van der Waals surface area contributed by atoms with E-state index in [1.165, 1.54) is 31.2 Å². The zero-order chi connectivity index (χ0) is 27.5. The molecule has 36 heavy (non-hydrogen) atoms. The van der Waals surface area contributed by atoms with Crippen molar-refractivity contribution in [2.45, 2.75) is 71.4 Å². The van der Waals surface area contributed by atoms with E-state index >= 15 is 0 Å². The monoisotopic (exact) mass is 529 g/mol. The highest BCUT2D eigenvalue weighted by Crippen LogP contribution is 2.37. The lowest BCUT2D eigenvalue weighted by Crippen LogP contribution is -2.57. The molecule has 0 aromatic heterocycles. The van der Waals surface area contributed by atoms with Gasteiger partial charge in [-0.05, 0) is 37.0 Å². The predicted octanol–water partition coefficient (Wildman–Crippen LogP) is 1.67. The number of phosphoric acid groups is 1. The number of aliphatic carboxylic acids is 1. The molecular weight excluding hydrogens is 493 g/mol. The summed E-state index contributed by atoms with van der Waals surface area (Å²) >= 11 is 0. The van der Waals surface area contributed by atoms with Crippen LogP contribution in [0.15, 0.2) is 24.3 Å². The van der Waals surface area contributed by atoms with Crippen LogP contribution in [-0.2, 0) is 23.7 Å². The molecule has 0 heterocycles. The highest BCUT2D eigenvalue weighted by molar-refractivity contribution is 7.46. The van der Waals surface area contributed by atoms with Gasteiger partial charge in [0.15, 0.2) is 0 Å². The number of rotatable bonds is 15. The number of nitrogens with one attached hydrogen (secondary N) is 3. The molecule has 1 aromatic carbocycles. The summed E-state index contributed by atoms with van der Waals surface area (Å²) < 4.78 is 15.4. The van der Waals surface area contributed by atoms with E-state index in [0.29, 0.717) is 18.0 Å². The van der Waals surface area contributed by atoms with Crippen LogP contribution < -0.4 is 20.5 Å². The molecule has 0 aliphatic rings. The van der Waals surface area contributed by atoms with E-state index < -0.39 is 49.5 Å². The number of carboxylic acid groups (broad SMARTS) is 1. The standard InChI is InChI=1S/C23H36N3O9P/c1-14(2)7-5-6-12-24-20(28)13-19(21(23(30)31)25-16(4)27)26-22(29)15(3)17-8-10-18(11-9-17)35-36(32,33)34/h8-11,14-15,19,21H,5-7,12-13H2,1-4H3,(H,24,28)(H,25,27)(H,26,29)(H,30,31)(H2,32,33,34). The molecule has 0 bridgehead atoms. The van der Waals surface area contributed by atoms with Crippen LogP contribution in [0.5, 0.6) is 5.75 Å². The normalized spacial score (nSPS) is 13.9. The Bertz CT molecular complexity index is 947. The van der Waals surface area contributed by atoms with Crippen LogP contribution in [0.1, 0.15) is 64.9 Å². The number of phosphoric ester groups is 1. The summed E-state index contributed by atoms with van der Waals surface area (Å²) in [7, 11) is -4.73. The van der Waals surface area contributed by atoms with Crippen LogP contribution in [0.2, 0.25) is 0 Å². The number of carbonyl (C=O) groups excluding carboxylic acids is 3. The Labute approximate surface area is 210 Å². The van der Waals surface area contributed by atoms with Gasteiger partial charge in [0, 0.05) is 19.9 Å². The third kappa shape index (κ3) is 12.1. The second-order valence-corrected chi connectivity index (χ2v) is 10.1. The Morgan fingerprint density at radius 1 is 1.00 bits per heavy atom. The minimum absolute atomic E-state index is 0.0979. The zero-order valence-electron chi connectivity index (χ0n) is 20.9. The molecule has 1 rings (SSSR count). The van der Waals surface area contributed by atoms with Gasteiger partial charge < -0.3 is 25.6 Å². The summed E-state index contributed by atoms with van der Waals surface area (Å²) in [6.07, 6.45) is 2.34. The number of unbranched alkanes of at least 4 members (excludes halogenated alkanes) is 1. The van der Waals surface area contributed by atoms with Crippen molar-refractivity contribution in [2.75, 3.05) is 6.54 Å². The quantitative estimate of drug-likeness (QED) is 0.145. The van der Waals surface area contributed by atoms with Gasteiger partial charge in [-0.15, -0.1) is 0 Å². The van der Waals surface area contributed by atoms with Gasteiger partial charge >= 0.3 is 13.8 Å². The van der Waals surface area contributed by atoms with E-state index in [1.54, 1.807) is 0 Å². The highest BCUT2D eigenvalue weighted by atomic mass is 31.2. The SMILES string of the molecule is CC(=O)NC(C(=O)O)C(CC(=O)NCCCCC(C)C)NC(=O)C(C)c1ccc(OP(=O)(O)O)cc1. The fraction of sp³-hybridized carbons (Fsp3) is 0.565. The number of carbonyl (C=O) groups is 4. The molecule has 0 aliphatic heterocycles. The van der Waals surface area contributed by atoms with Crippen molar-refractivity contribution in [3.8, 4) is 5.75 Å². The molecule has 13 heteroatoms. The van der Waals surface area contributed by atoms with Crippen LogP contribution in [0, 0.1) is 5.92 Å². The number of hydrogen-bond donors (Lipinski definition) is 6. The van der Waals surface area contributed by atoms with E-state index in [-0.39, 0.29) is 12.2 Å². The second-order valence-electron chi connectivity index (χ2n) is 8.95. The van der Waals surface area contributed by atoms with E-state index in [9.17, 15) is 28.8 Å². The predicted molar refractivity (Wildman–Crippen MR) is 131 cm³/mol. The molecular formula is C23H36N3O9P. The first-order valence-electron chi connectivity index (χ1n) is 11.6. The first kappa shape index (κ1) is 31.1. The summed E-state index contributed by atoms with van der Waals surface area (Å²) in [5, 5.41) is 17.2. The van der Waals surface area contributed by atoms with E-state index in [1.807, 2.05) is 0 Å². The fourth-order valence-electron chi connectivity index (χ4n) is 3.40. The molecule has 3 atom stereocenters. The van der Waals surface area contributed by atoms with E-state index in [4.69, 9.17) is 9.79 Å². The van der Waals surface area contributed by atoms with Gasteiger partial charge in [-0.1, -0.05) is 38.8 Å². The topological polar surface area (TPSA) is 191 Å². The molecule has 3 unspecified atom stereocenters. The number of amides is 3. The van der Waals surface area contributed by atoms with E-state index in [0.717, 1.165) is 26.2 Å². The maximum absolute atomic E-state index is 12.9. The molecule has 12 nitrogen and oxygen atoms in total. The van der Waals surface area contributed by atoms with Crippen LogP contribution >= 0.6 is 7.82 Å². The highest BCUT2D eigenvalue weighted by Gasteiger charge is 2.33.